The minimum absolute atomic E-state index is 0.0365. The Hall–Kier alpha value is -3.93. The lowest BCUT2D eigenvalue weighted by atomic mass is 9.95. The van der Waals surface area contributed by atoms with Gasteiger partial charge >= 0.3 is 0 Å². The fourth-order valence-electron chi connectivity index (χ4n) is 3.77. The highest BCUT2D eigenvalue weighted by molar-refractivity contribution is 6.51. The lowest BCUT2D eigenvalue weighted by Crippen LogP contribution is -2.29. The lowest BCUT2D eigenvalue weighted by molar-refractivity contribution is -0.132. The maximum absolute atomic E-state index is 13.2. The number of ether oxygens (including phenoxy) is 1. The molecule has 1 aliphatic rings. The van der Waals surface area contributed by atoms with Gasteiger partial charge in [0.15, 0.2) is 0 Å². The summed E-state index contributed by atoms with van der Waals surface area (Å²) >= 11 is 0. The fourth-order valence-corrected chi connectivity index (χ4v) is 3.77. The number of pyridine rings is 1. The number of benzene rings is 2. The number of rotatable bonds is 6. The fraction of sp³-hybridized carbons (Fsp3) is 0.192. The molecule has 2 heterocycles. The van der Waals surface area contributed by atoms with Crippen LogP contribution >= 0.6 is 0 Å². The zero-order chi connectivity index (χ0) is 22.7. The van der Waals surface area contributed by atoms with Crippen LogP contribution in [0.1, 0.15) is 36.1 Å². The number of aliphatic hydroxyl groups excluding tert-OH is 1. The normalized spacial score (nSPS) is 17.6. The average Bonchev–Trinajstić information content (AvgIpc) is 3.09. The second-order valence-electron chi connectivity index (χ2n) is 7.66. The van der Waals surface area contributed by atoms with Gasteiger partial charge in [0.2, 0.25) is 0 Å². The van der Waals surface area contributed by atoms with E-state index < -0.39 is 17.7 Å². The minimum Gasteiger partial charge on any atom is -0.507 e. The molecule has 1 aromatic heterocycles. The molecule has 162 valence electrons. The SMILES string of the molecule is CCCOc1cccc(/C(O)=C2/C(=O)C(=O)N(c3ccc(C)cc3)C2c2ccncc2)c1. The van der Waals surface area contributed by atoms with Gasteiger partial charge in [-0.1, -0.05) is 36.8 Å². The zero-order valence-corrected chi connectivity index (χ0v) is 18.0. The van der Waals surface area contributed by atoms with E-state index in [4.69, 9.17) is 4.74 Å². The highest BCUT2D eigenvalue weighted by atomic mass is 16.5. The first kappa shape index (κ1) is 21.3. The highest BCUT2D eigenvalue weighted by Crippen LogP contribution is 2.42. The molecule has 0 saturated carbocycles. The van der Waals surface area contributed by atoms with E-state index in [9.17, 15) is 14.7 Å². The number of hydrogen-bond donors (Lipinski definition) is 1. The Labute approximate surface area is 186 Å². The number of hydrogen-bond acceptors (Lipinski definition) is 5. The first-order valence-electron chi connectivity index (χ1n) is 10.5. The molecule has 2 aromatic carbocycles. The van der Waals surface area contributed by atoms with Crippen LogP contribution in [0, 0.1) is 6.92 Å². The van der Waals surface area contributed by atoms with E-state index in [0.29, 0.717) is 29.2 Å². The van der Waals surface area contributed by atoms with Crippen LogP contribution < -0.4 is 9.64 Å². The van der Waals surface area contributed by atoms with Gasteiger partial charge in [0.25, 0.3) is 11.7 Å². The van der Waals surface area contributed by atoms with Crippen LogP contribution in [0.2, 0.25) is 0 Å². The maximum atomic E-state index is 13.2. The third-order valence-corrected chi connectivity index (χ3v) is 5.36. The van der Waals surface area contributed by atoms with Crippen LogP contribution in [0.25, 0.3) is 5.76 Å². The number of carbonyl (C=O) groups excluding carboxylic acids is 2. The number of aromatic nitrogens is 1. The van der Waals surface area contributed by atoms with Crippen molar-refractivity contribution in [3.8, 4) is 5.75 Å². The Balaban J connectivity index is 1.87. The number of anilines is 1. The van der Waals surface area contributed by atoms with Gasteiger partial charge in [0.1, 0.15) is 11.5 Å². The largest absolute Gasteiger partial charge is 0.507 e. The van der Waals surface area contributed by atoms with E-state index in [1.807, 2.05) is 26.0 Å². The minimum atomic E-state index is -0.777. The molecule has 6 heteroatoms. The lowest BCUT2D eigenvalue weighted by Gasteiger charge is -2.25. The van der Waals surface area contributed by atoms with Crippen LogP contribution in [0.3, 0.4) is 0 Å². The van der Waals surface area contributed by atoms with Crippen molar-refractivity contribution < 1.29 is 19.4 Å². The van der Waals surface area contributed by atoms with Crippen LogP contribution in [-0.4, -0.2) is 28.4 Å². The average molecular weight is 428 g/mol. The summed E-state index contributed by atoms with van der Waals surface area (Å²) in [4.78, 5) is 31.8. The Kier molecular flexibility index (Phi) is 6.03. The molecule has 1 N–H and O–H groups in total. The molecule has 1 atom stereocenters. The molecule has 1 fully saturated rings. The third-order valence-electron chi connectivity index (χ3n) is 5.36. The Morgan fingerprint density at radius 1 is 1.06 bits per heavy atom. The molecule has 1 unspecified atom stereocenters. The van der Waals surface area contributed by atoms with E-state index in [1.54, 1.807) is 60.9 Å². The first-order chi connectivity index (χ1) is 15.5. The molecule has 1 aliphatic heterocycles. The molecule has 4 rings (SSSR count). The van der Waals surface area contributed by atoms with Crippen molar-refractivity contribution in [1.29, 1.82) is 0 Å². The Bertz CT molecular complexity index is 1170. The number of amides is 1. The van der Waals surface area contributed by atoms with Crippen molar-refractivity contribution in [1.82, 2.24) is 4.98 Å². The van der Waals surface area contributed by atoms with Crippen LogP contribution in [-0.2, 0) is 9.59 Å². The molecule has 6 nitrogen and oxygen atoms in total. The van der Waals surface area contributed by atoms with Crippen LogP contribution in [0.5, 0.6) is 5.75 Å². The summed E-state index contributed by atoms with van der Waals surface area (Å²) in [6.07, 6.45) is 4.05. The highest BCUT2D eigenvalue weighted by Gasteiger charge is 2.46. The number of carbonyl (C=O) groups is 2. The summed E-state index contributed by atoms with van der Waals surface area (Å²) in [5.74, 6) is -1.06. The number of Topliss-reactive ketones (excluding diaryl/α,β-unsaturated/α-hetero) is 1. The quantitative estimate of drug-likeness (QED) is 0.346. The summed E-state index contributed by atoms with van der Waals surface area (Å²) in [6, 6.07) is 17.0. The van der Waals surface area contributed by atoms with Gasteiger partial charge in [0.05, 0.1) is 18.2 Å². The van der Waals surface area contributed by atoms with Gasteiger partial charge in [-0.05, 0) is 55.3 Å². The van der Waals surface area contributed by atoms with Gasteiger partial charge in [-0.3, -0.25) is 19.5 Å². The van der Waals surface area contributed by atoms with E-state index in [0.717, 1.165) is 12.0 Å². The van der Waals surface area contributed by atoms with Gasteiger partial charge in [-0.25, -0.2) is 0 Å². The van der Waals surface area contributed by atoms with Crippen LogP contribution in [0.15, 0.2) is 78.6 Å². The molecule has 0 aliphatic carbocycles. The van der Waals surface area contributed by atoms with E-state index in [2.05, 4.69) is 4.98 Å². The van der Waals surface area contributed by atoms with E-state index >= 15 is 0 Å². The van der Waals surface area contributed by atoms with E-state index in [-0.39, 0.29) is 11.3 Å². The molecule has 32 heavy (non-hydrogen) atoms. The summed E-state index contributed by atoms with van der Waals surface area (Å²) in [6.45, 7) is 4.50. The monoisotopic (exact) mass is 428 g/mol. The topological polar surface area (TPSA) is 79.7 Å². The molecular formula is C26H24N2O4. The number of aryl methyl sites for hydroxylation is 1. The Morgan fingerprint density at radius 3 is 2.47 bits per heavy atom. The van der Waals surface area contributed by atoms with Crippen molar-refractivity contribution >= 4 is 23.1 Å². The summed E-state index contributed by atoms with van der Waals surface area (Å²) in [5.41, 5.74) is 2.75. The standard InChI is InChI=1S/C26H24N2O4/c1-3-15-32-21-6-4-5-19(16-21)24(29)22-23(18-11-13-27-14-12-18)28(26(31)25(22)30)20-9-7-17(2)8-10-20/h4-14,16,23,29H,3,15H2,1-2H3/b24-22-. The summed E-state index contributed by atoms with van der Waals surface area (Å²) in [5, 5.41) is 11.2. The molecule has 0 radical (unpaired) electrons. The molecule has 3 aromatic rings. The van der Waals surface area contributed by atoms with Crippen molar-refractivity contribution in [2.75, 3.05) is 11.5 Å². The second kappa shape index (κ2) is 9.06. The van der Waals surface area contributed by atoms with Crippen molar-refractivity contribution in [2.24, 2.45) is 0 Å². The van der Waals surface area contributed by atoms with Gasteiger partial charge in [-0.2, -0.15) is 0 Å². The van der Waals surface area contributed by atoms with Crippen molar-refractivity contribution in [3.63, 3.8) is 0 Å². The van der Waals surface area contributed by atoms with Gasteiger partial charge in [-0.15, -0.1) is 0 Å². The Morgan fingerprint density at radius 2 is 1.78 bits per heavy atom. The number of nitrogens with zero attached hydrogens (tertiary/aromatic N) is 2. The molecular weight excluding hydrogens is 404 g/mol. The summed E-state index contributed by atoms with van der Waals surface area (Å²) < 4.78 is 5.67. The smallest absolute Gasteiger partial charge is 0.300 e. The second-order valence-corrected chi connectivity index (χ2v) is 7.66. The molecule has 0 bridgehead atoms. The number of aliphatic hydroxyl groups is 1. The van der Waals surface area contributed by atoms with E-state index in [1.165, 1.54) is 4.90 Å². The molecule has 1 amide bonds. The van der Waals surface area contributed by atoms with Crippen molar-refractivity contribution in [3.05, 3.63) is 95.3 Å². The van der Waals surface area contributed by atoms with Gasteiger partial charge in [0, 0.05) is 23.6 Å². The third kappa shape index (κ3) is 3.99. The van der Waals surface area contributed by atoms with Crippen LogP contribution in [0.4, 0.5) is 5.69 Å². The predicted octanol–water partition coefficient (Wildman–Crippen LogP) is 4.81. The first-order valence-corrected chi connectivity index (χ1v) is 10.5. The van der Waals surface area contributed by atoms with Crippen molar-refractivity contribution in [2.45, 2.75) is 26.3 Å². The predicted molar refractivity (Wildman–Crippen MR) is 122 cm³/mol. The summed E-state index contributed by atoms with van der Waals surface area (Å²) in [7, 11) is 0. The zero-order valence-electron chi connectivity index (χ0n) is 18.0. The maximum Gasteiger partial charge on any atom is 0.300 e. The van der Waals surface area contributed by atoms with Gasteiger partial charge < -0.3 is 9.84 Å². The molecule has 1 saturated heterocycles. The number of ketones is 1. The molecule has 0 spiro atoms.